The molecular weight excluding hydrogens is 410 g/mol. The topological polar surface area (TPSA) is 102 Å². The number of benzene rings is 1. The summed E-state index contributed by atoms with van der Waals surface area (Å²) < 4.78 is 6.43. The van der Waals surface area contributed by atoms with Gasteiger partial charge in [-0.1, -0.05) is 13.8 Å². The second-order valence-corrected chi connectivity index (χ2v) is 7.67. The lowest BCUT2D eigenvalue weighted by Gasteiger charge is -2.14. The van der Waals surface area contributed by atoms with Crippen molar-refractivity contribution in [1.29, 1.82) is 0 Å². The molecule has 0 spiro atoms. The van der Waals surface area contributed by atoms with Gasteiger partial charge in [-0.05, 0) is 50.8 Å². The summed E-state index contributed by atoms with van der Waals surface area (Å²) in [6.07, 6.45) is 0.0758. The Kier molecular flexibility index (Phi) is 6.74. The predicted octanol–water partition coefficient (Wildman–Crippen LogP) is 2.77. The number of fused-ring (bicyclic) bond motifs is 4. The average molecular weight is 437 g/mol. The molecule has 0 fully saturated rings. The fraction of sp³-hybridized carbons (Fsp3) is 0.333. The van der Waals surface area contributed by atoms with E-state index in [0.717, 1.165) is 27.7 Å². The van der Waals surface area contributed by atoms with E-state index >= 15 is 0 Å². The van der Waals surface area contributed by atoms with Crippen LogP contribution in [0.3, 0.4) is 0 Å². The summed E-state index contributed by atoms with van der Waals surface area (Å²) in [6.45, 7) is 6.40. The van der Waals surface area contributed by atoms with Gasteiger partial charge in [-0.25, -0.2) is 9.78 Å². The first-order valence-corrected chi connectivity index (χ1v) is 10.4. The quantitative estimate of drug-likeness (QED) is 0.291. The number of carbonyl (C=O) groups is 2. The molecule has 8 nitrogen and oxygen atoms in total. The number of pyridine rings is 2. The maximum Gasteiger partial charge on any atom is 0.371 e. The van der Waals surface area contributed by atoms with Gasteiger partial charge in [0.05, 0.1) is 29.0 Å². The van der Waals surface area contributed by atoms with Crippen LogP contribution in [0, 0.1) is 6.92 Å². The molecule has 0 aliphatic carbocycles. The number of esters is 1. The minimum atomic E-state index is -1.01. The molecule has 1 aliphatic heterocycles. The largest absolute Gasteiger partial charge is 0.508 e. The van der Waals surface area contributed by atoms with Crippen LogP contribution >= 0.6 is 0 Å². The maximum absolute atomic E-state index is 13.0. The molecule has 0 saturated carbocycles. The molecule has 3 heterocycles. The van der Waals surface area contributed by atoms with Gasteiger partial charge in [0.1, 0.15) is 12.4 Å². The highest BCUT2D eigenvalue weighted by atomic mass is 16.5. The Morgan fingerprint density at radius 3 is 2.62 bits per heavy atom. The number of phenolic OH excluding ortho intramolecular Hbond substituents is 1. The van der Waals surface area contributed by atoms with Gasteiger partial charge in [-0.2, -0.15) is 0 Å². The summed E-state index contributed by atoms with van der Waals surface area (Å²) >= 11 is 0. The van der Waals surface area contributed by atoms with Crippen molar-refractivity contribution in [3.8, 4) is 17.1 Å². The summed E-state index contributed by atoms with van der Waals surface area (Å²) in [4.78, 5) is 41.4. The molecule has 1 aliphatic rings. The highest BCUT2D eigenvalue weighted by molar-refractivity contribution is 6.20. The van der Waals surface area contributed by atoms with E-state index in [4.69, 9.17) is 9.72 Å². The van der Waals surface area contributed by atoms with Crippen LogP contribution in [0.25, 0.3) is 22.3 Å². The molecular formula is C24H27N3O5. The molecule has 0 atom stereocenters. The Hall–Kier alpha value is -3.52. The molecule has 2 aromatic heterocycles. The Balaban J connectivity index is 0.00000141. The third-order valence-corrected chi connectivity index (χ3v) is 5.29. The molecule has 0 amide bonds. The minimum absolute atomic E-state index is 0.0758. The van der Waals surface area contributed by atoms with Gasteiger partial charge >= 0.3 is 5.97 Å². The van der Waals surface area contributed by atoms with Crippen LogP contribution in [0.5, 0.6) is 5.75 Å². The molecule has 32 heavy (non-hydrogen) atoms. The highest BCUT2D eigenvalue weighted by Gasteiger charge is 2.25. The van der Waals surface area contributed by atoms with Crippen molar-refractivity contribution < 1.29 is 19.4 Å². The molecule has 1 N–H and O–H groups in total. The number of ether oxygens (including phenoxy) is 1. The summed E-state index contributed by atoms with van der Waals surface area (Å²) in [7, 11) is 3.85. The zero-order valence-corrected chi connectivity index (χ0v) is 18.9. The first kappa shape index (κ1) is 23.1. The fourth-order valence-electron chi connectivity index (χ4n) is 3.85. The van der Waals surface area contributed by atoms with Gasteiger partial charge in [0.15, 0.2) is 0 Å². The van der Waals surface area contributed by atoms with Crippen molar-refractivity contribution in [2.24, 2.45) is 0 Å². The molecule has 0 saturated heterocycles. The number of carbonyl (C=O) groups excluding carboxylic acids is 2. The highest BCUT2D eigenvalue weighted by Crippen LogP contribution is 2.35. The van der Waals surface area contributed by atoms with Gasteiger partial charge in [0.25, 0.3) is 5.56 Å². The third-order valence-electron chi connectivity index (χ3n) is 5.29. The number of phenols is 1. The van der Waals surface area contributed by atoms with Crippen LogP contribution in [0.15, 0.2) is 29.1 Å². The number of aldehydes is 1. The summed E-state index contributed by atoms with van der Waals surface area (Å²) in [5.41, 5.74) is 4.55. The van der Waals surface area contributed by atoms with Gasteiger partial charge in [-0.15, -0.1) is 0 Å². The third kappa shape index (κ3) is 4.13. The van der Waals surface area contributed by atoms with Crippen LogP contribution in [0.4, 0.5) is 0 Å². The van der Waals surface area contributed by atoms with Crippen molar-refractivity contribution >= 4 is 23.2 Å². The number of aromatic nitrogens is 2. The number of aryl methyl sites for hydroxylation is 1. The normalized spacial score (nSPS) is 11.6. The van der Waals surface area contributed by atoms with Crippen LogP contribution in [-0.4, -0.2) is 45.9 Å². The Labute approximate surface area is 186 Å². The molecule has 0 bridgehead atoms. The second-order valence-electron chi connectivity index (χ2n) is 7.67. The lowest BCUT2D eigenvalue weighted by molar-refractivity contribution is -0.149. The molecule has 4 rings (SSSR count). The smallest absolute Gasteiger partial charge is 0.371 e. The Bertz CT molecular complexity index is 1260. The maximum atomic E-state index is 13.0. The zero-order valence-electron chi connectivity index (χ0n) is 18.9. The first-order chi connectivity index (χ1) is 15.3. The van der Waals surface area contributed by atoms with E-state index in [-0.39, 0.29) is 24.2 Å². The van der Waals surface area contributed by atoms with Crippen LogP contribution in [-0.2, 0) is 34.0 Å². The van der Waals surface area contributed by atoms with Gasteiger partial charge < -0.3 is 19.3 Å². The number of hydrogen-bond acceptors (Lipinski definition) is 7. The zero-order chi connectivity index (χ0) is 23.6. The molecule has 3 aromatic rings. The van der Waals surface area contributed by atoms with Crippen molar-refractivity contribution in [3.63, 3.8) is 0 Å². The lowest BCUT2D eigenvalue weighted by Crippen LogP contribution is -2.25. The van der Waals surface area contributed by atoms with E-state index in [1.54, 1.807) is 23.6 Å². The number of hydrogen-bond donors (Lipinski definition) is 1. The predicted molar refractivity (Wildman–Crippen MR) is 122 cm³/mol. The van der Waals surface area contributed by atoms with Crippen molar-refractivity contribution in [2.45, 2.75) is 40.5 Å². The van der Waals surface area contributed by atoms with E-state index < -0.39 is 5.97 Å². The van der Waals surface area contributed by atoms with E-state index in [1.807, 2.05) is 45.0 Å². The summed E-state index contributed by atoms with van der Waals surface area (Å²) in [6, 6.07) is 7.23. The Morgan fingerprint density at radius 1 is 1.25 bits per heavy atom. The van der Waals surface area contributed by atoms with Crippen LogP contribution in [0.1, 0.15) is 36.1 Å². The standard InChI is InChI=1S/C22H21N3O5.C2H6/c1-12-6-18-21-13(8-25(18)22(29)16(12)11-30-20(28)10-26)7-14-15(9-24(2)3)19(27)5-4-17(14)23-21;1-2/h4-7,10,27H,8-9,11H2,1-3H3;1-2H3. The second kappa shape index (κ2) is 9.32. The first-order valence-electron chi connectivity index (χ1n) is 10.4. The average Bonchev–Trinajstić information content (AvgIpc) is 3.13. The monoisotopic (exact) mass is 437 g/mol. The fourth-order valence-corrected chi connectivity index (χ4v) is 3.85. The molecule has 8 heteroatoms. The van der Waals surface area contributed by atoms with Crippen LogP contribution in [0.2, 0.25) is 0 Å². The lowest BCUT2D eigenvalue weighted by atomic mass is 10.0. The SMILES string of the molecule is CC.Cc1cc2n(c(=O)c1COC(=O)C=O)Cc1cc3c(CN(C)C)c(O)ccc3nc1-2. The van der Waals surface area contributed by atoms with Crippen LogP contribution < -0.4 is 5.56 Å². The van der Waals surface area contributed by atoms with Gasteiger partial charge in [-0.3, -0.25) is 9.59 Å². The number of nitrogens with zero attached hydrogens (tertiary/aromatic N) is 3. The van der Waals surface area contributed by atoms with E-state index in [1.165, 1.54) is 0 Å². The van der Waals surface area contributed by atoms with E-state index in [2.05, 4.69) is 0 Å². The minimum Gasteiger partial charge on any atom is -0.508 e. The molecule has 0 radical (unpaired) electrons. The van der Waals surface area contributed by atoms with Crippen molar-refractivity contribution in [2.75, 3.05) is 14.1 Å². The number of aromatic hydroxyl groups is 1. The van der Waals surface area contributed by atoms with Crippen molar-refractivity contribution in [3.05, 3.63) is 56.9 Å². The van der Waals surface area contributed by atoms with Gasteiger partial charge in [0, 0.05) is 23.1 Å². The number of rotatable bonds is 5. The van der Waals surface area contributed by atoms with E-state index in [0.29, 0.717) is 29.9 Å². The van der Waals surface area contributed by atoms with Crippen molar-refractivity contribution in [1.82, 2.24) is 14.5 Å². The molecule has 1 aromatic carbocycles. The Morgan fingerprint density at radius 2 is 1.97 bits per heavy atom. The summed E-state index contributed by atoms with van der Waals surface area (Å²) in [5, 5.41) is 11.2. The molecule has 0 unspecified atom stereocenters. The van der Waals surface area contributed by atoms with Gasteiger partial charge in [0.2, 0.25) is 6.29 Å². The molecule has 168 valence electrons. The summed E-state index contributed by atoms with van der Waals surface area (Å²) in [5.74, 6) is -0.801. The van der Waals surface area contributed by atoms with E-state index in [9.17, 15) is 19.5 Å².